The van der Waals surface area contributed by atoms with Crippen LogP contribution in [-0.2, 0) is 4.79 Å². The van der Waals surface area contributed by atoms with Crippen molar-refractivity contribution in [1.29, 1.82) is 0 Å². The number of aromatic nitrogens is 3. The van der Waals surface area contributed by atoms with Crippen molar-refractivity contribution in [2.75, 3.05) is 21.3 Å². The summed E-state index contributed by atoms with van der Waals surface area (Å²) in [5, 5.41) is 12.5. The van der Waals surface area contributed by atoms with Gasteiger partial charge in [-0.15, -0.1) is 0 Å². The molecule has 0 radical (unpaired) electrons. The van der Waals surface area contributed by atoms with Crippen LogP contribution in [0.5, 0.6) is 0 Å². The van der Waals surface area contributed by atoms with E-state index in [2.05, 4.69) is 36.2 Å². The molecule has 1 amide bonds. The molecule has 0 aliphatic rings. The molecule has 1 atom stereocenters. The molecule has 36 heavy (non-hydrogen) atoms. The molecule has 8 heteroatoms. The molecule has 3 aromatic carbocycles. The van der Waals surface area contributed by atoms with Crippen LogP contribution in [0.2, 0.25) is 0 Å². The van der Waals surface area contributed by atoms with Gasteiger partial charge in [0.15, 0.2) is 0 Å². The van der Waals surface area contributed by atoms with E-state index in [0.29, 0.717) is 11.9 Å². The molecular formula is C28H31N7O. The lowest BCUT2D eigenvalue weighted by Crippen LogP contribution is -2.33. The van der Waals surface area contributed by atoms with Crippen molar-refractivity contribution in [2.24, 2.45) is 0 Å². The van der Waals surface area contributed by atoms with Crippen molar-refractivity contribution < 1.29 is 4.79 Å². The van der Waals surface area contributed by atoms with Crippen molar-refractivity contribution in [3.8, 4) is 0 Å². The first-order valence-electron chi connectivity index (χ1n) is 11.8. The maximum Gasteiger partial charge on any atom is 0.246 e. The summed E-state index contributed by atoms with van der Waals surface area (Å²) in [6, 6.07) is 21.1. The molecule has 1 aromatic heterocycles. The molecule has 1 unspecified atom stereocenters. The van der Waals surface area contributed by atoms with Crippen LogP contribution in [0.25, 0.3) is 0 Å². The largest absolute Gasteiger partial charge is 0.342 e. The number of carbonyl (C=O) groups is 1. The van der Waals surface area contributed by atoms with E-state index in [-0.39, 0.29) is 11.9 Å². The van der Waals surface area contributed by atoms with Crippen LogP contribution in [0.4, 0.5) is 34.9 Å². The van der Waals surface area contributed by atoms with Crippen LogP contribution in [0.1, 0.15) is 29.2 Å². The second-order valence-corrected chi connectivity index (χ2v) is 8.89. The predicted octanol–water partition coefficient (Wildman–Crippen LogP) is 6.03. The molecule has 0 aliphatic carbocycles. The third-order valence-electron chi connectivity index (χ3n) is 5.85. The van der Waals surface area contributed by atoms with Crippen LogP contribution < -0.4 is 21.3 Å². The molecule has 184 valence electrons. The number of nitrogens with zero attached hydrogens (tertiary/aromatic N) is 3. The Labute approximate surface area is 211 Å². The fraction of sp³-hybridized carbons (Fsp3) is 0.214. The number of aryl methyl sites for hydroxylation is 3. The van der Waals surface area contributed by atoms with Crippen LogP contribution in [-0.4, -0.2) is 26.9 Å². The van der Waals surface area contributed by atoms with Crippen LogP contribution in [0, 0.1) is 27.7 Å². The highest BCUT2D eigenvalue weighted by atomic mass is 16.2. The number of benzene rings is 3. The number of anilines is 6. The normalized spacial score (nSPS) is 11.5. The predicted molar refractivity (Wildman–Crippen MR) is 146 cm³/mol. The number of nitrogens with one attached hydrogen (secondary N) is 4. The third kappa shape index (κ3) is 6.35. The van der Waals surface area contributed by atoms with Gasteiger partial charge in [0.1, 0.15) is 6.04 Å². The summed E-state index contributed by atoms with van der Waals surface area (Å²) in [6.07, 6.45) is 0. The molecule has 4 rings (SSSR count). The quantitative estimate of drug-likeness (QED) is 0.243. The molecular weight excluding hydrogens is 450 g/mol. The molecule has 1 heterocycles. The van der Waals surface area contributed by atoms with E-state index < -0.39 is 6.04 Å². The van der Waals surface area contributed by atoms with Gasteiger partial charge in [-0.3, -0.25) is 4.79 Å². The Morgan fingerprint density at radius 3 is 1.72 bits per heavy atom. The fourth-order valence-corrected chi connectivity index (χ4v) is 3.47. The molecule has 4 aromatic rings. The van der Waals surface area contributed by atoms with Crippen LogP contribution >= 0.6 is 0 Å². The first kappa shape index (κ1) is 24.7. The van der Waals surface area contributed by atoms with Gasteiger partial charge in [0, 0.05) is 17.1 Å². The minimum absolute atomic E-state index is 0.190. The molecule has 0 aliphatic heterocycles. The van der Waals surface area contributed by atoms with Crippen molar-refractivity contribution in [1.82, 2.24) is 15.0 Å². The summed E-state index contributed by atoms with van der Waals surface area (Å²) in [7, 11) is 0. The zero-order chi connectivity index (χ0) is 25.7. The summed E-state index contributed by atoms with van der Waals surface area (Å²) < 4.78 is 0. The molecule has 4 N–H and O–H groups in total. The van der Waals surface area contributed by atoms with Gasteiger partial charge in [-0.25, -0.2) is 0 Å². The van der Waals surface area contributed by atoms with E-state index in [1.54, 1.807) is 6.92 Å². The van der Waals surface area contributed by atoms with Gasteiger partial charge in [-0.1, -0.05) is 47.5 Å². The van der Waals surface area contributed by atoms with E-state index in [1.807, 2.05) is 94.4 Å². The van der Waals surface area contributed by atoms with E-state index in [1.165, 1.54) is 0 Å². The Morgan fingerprint density at radius 1 is 0.694 bits per heavy atom. The summed E-state index contributed by atoms with van der Waals surface area (Å²) in [5.41, 5.74) is 6.94. The first-order chi connectivity index (χ1) is 17.3. The molecule has 0 spiro atoms. The van der Waals surface area contributed by atoms with Crippen molar-refractivity contribution in [2.45, 2.75) is 40.7 Å². The molecule has 0 fully saturated rings. The summed E-state index contributed by atoms with van der Waals surface area (Å²) in [6.45, 7) is 9.83. The average molecular weight is 482 g/mol. The number of carbonyl (C=O) groups excluding carboxylic acids is 1. The number of rotatable bonds is 8. The topological polar surface area (TPSA) is 104 Å². The molecule has 0 bridgehead atoms. The Morgan fingerprint density at radius 2 is 1.19 bits per heavy atom. The smallest absolute Gasteiger partial charge is 0.246 e. The highest BCUT2D eigenvalue weighted by molar-refractivity contribution is 5.96. The lowest BCUT2D eigenvalue weighted by atomic mass is 10.1. The zero-order valence-electron chi connectivity index (χ0n) is 21.2. The second-order valence-electron chi connectivity index (χ2n) is 8.89. The van der Waals surface area contributed by atoms with Gasteiger partial charge >= 0.3 is 0 Å². The summed E-state index contributed by atoms with van der Waals surface area (Å²) >= 11 is 0. The van der Waals surface area contributed by atoms with E-state index in [9.17, 15) is 4.79 Å². The number of amides is 1. The number of hydrogen-bond donors (Lipinski definition) is 4. The Balaban J connectivity index is 1.56. The van der Waals surface area contributed by atoms with Gasteiger partial charge in [0.2, 0.25) is 23.8 Å². The molecule has 0 saturated heterocycles. The standard InChI is InChI=1S/C28H31N7O/c1-17-9-13-22(14-10-17)30-27-33-26(34-28(35-27)31-23-15-11-18(2)12-16-23)29-21(5)25(36)32-24-8-6-7-19(3)20(24)4/h6-16,21H,1-5H3,(H,32,36)(H3,29,30,31,33,34,35). The molecule has 8 nitrogen and oxygen atoms in total. The Bertz CT molecular complexity index is 1290. The van der Waals surface area contributed by atoms with Gasteiger partial charge in [-0.05, 0) is 76.1 Å². The minimum atomic E-state index is -0.591. The zero-order valence-corrected chi connectivity index (χ0v) is 21.2. The fourth-order valence-electron chi connectivity index (χ4n) is 3.47. The van der Waals surface area contributed by atoms with E-state index in [0.717, 1.165) is 39.3 Å². The van der Waals surface area contributed by atoms with Gasteiger partial charge < -0.3 is 21.3 Å². The Hall–Kier alpha value is -4.46. The van der Waals surface area contributed by atoms with Gasteiger partial charge in [-0.2, -0.15) is 15.0 Å². The van der Waals surface area contributed by atoms with Crippen molar-refractivity contribution in [3.05, 3.63) is 89.0 Å². The second kappa shape index (κ2) is 10.9. The van der Waals surface area contributed by atoms with Crippen LogP contribution in [0.3, 0.4) is 0 Å². The highest BCUT2D eigenvalue weighted by Crippen LogP contribution is 2.21. The van der Waals surface area contributed by atoms with Crippen molar-refractivity contribution >= 4 is 40.8 Å². The monoisotopic (exact) mass is 481 g/mol. The van der Waals surface area contributed by atoms with Gasteiger partial charge in [0.25, 0.3) is 0 Å². The van der Waals surface area contributed by atoms with Gasteiger partial charge in [0.05, 0.1) is 0 Å². The summed E-state index contributed by atoms with van der Waals surface area (Å²) in [4.78, 5) is 26.5. The van der Waals surface area contributed by atoms with Crippen LogP contribution in [0.15, 0.2) is 66.7 Å². The highest BCUT2D eigenvalue weighted by Gasteiger charge is 2.17. The maximum absolute atomic E-state index is 12.9. The summed E-state index contributed by atoms with van der Waals surface area (Å²) in [5.74, 6) is 0.796. The van der Waals surface area contributed by atoms with E-state index in [4.69, 9.17) is 0 Å². The number of hydrogen-bond acceptors (Lipinski definition) is 7. The lowest BCUT2D eigenvalue weighted by molar-refractivity contribution is -0.116. The third-order valence-corrected chi connectivity index (χ3v) is 5.85. The SMILES string of the molecule is Cc1ccc(Nc2nc(Nc3ccc(C)cc3)nc(NC(C)C(=O)Nc3cccc(C)c3C)n2)cc1. The first-order valence-corrected chi connectivity index (χ1v) is 11.8. The molecule has 0 saturated carbocycles. The van der Waals surface area contributed by atoms with E-state index >= 15 is 0 Å². The van der Waals surface area contributed by atoms with Crippen molar-refractivity contribution in [3.63, 3.8) is 0 Å². The maximum atomic E-state index is 12.9. The minimum Gasteiger partial charge on any atom is -0.342 e. The Kier molecular flexibility index (Phi) is 7.44. The lowest BCUT2D eigenvalue weighted by Gasteiger charge is -2.17. The average Bonchev–Trinajstić information content (AvgIpc) is 2.85.